The average molecular weight is 461 g/mol. The zero-order chi connectivity index (χ0) is 23.6. The van der Waals surface area contributed by atoms with Crippen LogP contribution in [0.3, 0.4) is 0 Å². The first-order chi connectivity index (χ1) is 15.7. The summed E-state index contributed by atoms with van der Waals surface area (Å²) >= 11 is 0. The summed E-state index contributed by atoms with van der Waals surface area (Å²) in [6.07, 6.45) is -1.55. The molecule has 3 heterocycles. The van der Waals surface area contributed by atoms with Gasteiger partial charge >= 0.3 is 0 Å². The molecule has 0 aliphatic carbocycles. The standard InChI is InChI=1S/C22H15F4N3O4/c1-29(21(31)16-3-8-2-11(23)14(26)6-15(8)27-16)17-7-33-22(32)19-18(17)9-4-12(24)13(25)5-10(9)20(30)28-19/h2-6,17,22,27,32H,7H2,1H3,(H,28,30)/t17-,22+/m0/s1. The van der Waals surface area contributed by atoms with Crippen LogP contribution in [0.15, 0.2) is 35.1 Å². The number of aromatic nitrogens is 2. The van der Waals surface area contributed by atoms with Crippen molar-refractivity contribution in [2.24, 2.45) is 0 Å². The van der Waals surface area contributed by atoms with Crippen molar-refractivity contribution in [2.45, 2.75) is 12.3 Å². The second kappa shape index (κ2) is 7.42. The lowest BCUT2D eigenvalue weighted by atomic mass is 9.94. The summed E-state index contributed by atoms with van der Waals surface area (Å²) in [4.78, 5) is 31.9. The molecule has 1 aliphatic rings. The molecule has 0 spiro atoms. The molecule has 0 radical (unpaired) electrons. The molecule has 11 heteroatoms. The number of likely N-dealkylation sites (N-methyl/N-ethyl adjacent to an activating group) is 1. The number of carbonyl (C=O) groups is 1. The van der Waals surface area contributed by atoms with Crippen LogP contribution in [0.1, 0.15) is 34.1 Å². The number of H-pyrrole nitrogens is 2. The number of fused-ring (bicyclic) bond motifs is 4. The highest BCUT2D eigenvalue weighted by molar-refractivity contribution is 5.98. The van der Waals surface area contributed by atoms with Crippen LogP contribution in [0, 0.1) is 23.3 Å². The predicted molar refractivity (Wildman–Crippen MR) is 108 cm³/mol. The van der Waals surface area contributed by atoms with Gasteiger partial charge in [-0.2, -0.15) is 0 Å². The highest BCUT2D eigenvalue weighted by Crippen LogP contribution is 2.37. The minimum atomic E-state index is -1.55. The molecule has 0 fully saturated rings. The minimum absolute atomic E-state index is 0.0103. The summed E-state index contributed by atoms with van der Waals surface area (Å²) < 4.78 is 60.2. The van der Waals surface area contributed by atoms with Crippen molar-refractivity contribution in [1.82, 2.24) is 14.9 Å². The molecule has 0 bridgehead atoms. The summed E-state index contributed by atoms with van der Waals surface area (Å²) in [5.41, 5.74) is -0.453. The van der Waals surface area contributed by atoms with Gasteiger partial charge in [-0.25, -0.2) is 17.6 Å². The number of aromatic amines is 2. The summed E-state index contributed by atoms with van der Waals surface area (Å²) in [6.45, 7) is -0.222. The first kappa shape index (κ1) is 21.2. The highest BCUT2D eigenvalue weighted by Gasteiger charge is 2.35. The van der Waals surface area contributed by atoms with Crippen LogP contribution < -0.4 is 5.56 Å². The van der Waals surface area contributed by atoms with Crippen molar-refractivity contribution in [3.63, 3.8) is 0 Å². The van der Waals surface area contributed by atoms with Gasteiger partial charge in [0, 0.05) is 29.6 Å². The maximum absolute atomic E-state index is 14.1. The number of aliphatic hydroxyl groups is 1. The van der Waals surface area contributed by atoms with Gasteiger partial charge in [0.05, 0.1) is 23.7 Å². The van der Waals surface area contributed by atoms with Gasteiger partial charge in [0.1, 0.15) is 5.69 Å². The SMILES string of the molecule is CN(C(=O)c1cc2cc(F)c(F)cc2[nH]1)[C@H]1CO[C@@H](O)c2[nH]c(=O)c3cc(F)c(F)cc3c21. The van der Waals surface area contributed by atoms with Crippen molar-refractivity contribution < 1.29 is 32.2 Å². The third-order valence-electron chi connectivity index (χ3n) is 5.81. The molecule has 7 nitrogen and oxygen atoms in total. The molecule has 170 valence electrons. The number of aliphatic hydroxyl groups excluding tert-OH is 1. The third-order valence-corrected chi connectivity index (χ3v) is 5.81. The van der Waals surface area contributed by atoms with E-state index in [2.05, 4.69) is 9.97 Å². The number of carbonyl (C=O) groups excluding carboxylic acids is 1. The fraction of sp³-hybridized carbons (Fsp3) is 0.182. The summed E-state index contributed by atoms with van der Waals surface area (Å²) in [5, 5.41) is 10.4. The van der Waals surface area contributed by atoms with Crippen molar-refractivity contribution in [1.29, 1.82) is 0 Å². The van der Waals surface area contributed by atoms with E-state index in [-0.39, 0.29) is 45.2 Å². The van der Waals surface area contributed by atoms with Crippen LogP contribution in [0.4, 0.5) is 17.6 Å². The van der Waals surface area contributed by atoms with E-state index in [1.165, 1.54) is 18.0 Å². The molecule has 33 heavy (non-hydrogen) atoms. The van der Waals surface area contributed by atoms with Crippen LogP contribution in [-0.4, -0.2) is 39.5 Å². The van der Waals surface area contributed by atoms with Crippen molar-refractivity contribution >= 4 is 27.6 Å². The second-order valence-electron chi connectivity index (χ2n) is 7.75. The highest BCUT2D eigenvalue weighted by atomic mass is 19.2. The monoisotopic (exact) mass is 461 g/mol. The van der Waals surface area contributed by atoms with Gasteiger partial charge < -0.3 is 24.7 Å². The van der Waals surface area contributed by atoms with Crippen molar-refractivity contribution in [3.8, 4) is 0 Å². The maximum atomic E-state index is 14.1. The van der Waals surface area contributed by atoms with E-state index >= 15 is 0 Å². The fourth-order valence-electron chi connectivity index (χ4n) is 4.14. The Morgan fingerprint density at radius 2 is 1.64 bits per heavy atom. The molecular weight excluding hydrogens is 446 g/mol. The predicted octanol–water partition coefficient (Wildman–Crippen LogP) is 3.40. The molecule has 1 aliphatic heterocycles. The Morgan fingerprint density at radius 1 is 1.00 bits per heavy atom. The molecule has 0 saturated heterocycles. The van der Waals surface area contributed by atoms with E-state index in [4.69, 9.17) is 4.74 Å². The van der Waals surface area contributed by atoms with Crippen LogP contribution >= 0.6 is 0 Å². The molecule has 0 unspecified atom stereocenters. The van der Waals surface area contributed by atoms with E-state index < -0.39 is 47.1 Å². The third kappa shape index (κ3) is 3.28. The van der Waals surface area contributed by atoms with Crippen LogP contribution in [0.2, 0.25) is 0 Å². The maximum Gasteiger partial charge on any atom is 0.270 e. The minimum Gasteiger partial charge on any atom is -0.363 e. The molecular formula is C22H15F4N3O4. The van der Waals surface area contributed by atoms with Crippen LogP contribution in [0.5, 0.6) is 0 Å². The number of amides is 1. The van der Waals surface area contributed by atoms with Crippen molar-refractivity contribution in [3.05, 3.63) is 80.9 Å². The number of rotatable bonds is 2. The number of nitrogens with zero attached hydrogens (tertiary/aromatic N) is 1. The Kier molecular flexibility index (Phi) is 4.76. The van der Waals surface area contributed by atoms with E-state index in [9.17, 15) is 32.3 Å². The molecule has 1 amide bonds. The number of ether oxygens (including phenoxy) is 1. The Balaban J connectivity index is 1.63. The second-order valence-corrected chi connectivity index (χ2v) is 7.75. The lowest BCUT2D eigenvalue weighted by molar-refractivity contribution is -0.129. The van der Waals surface area contributed by atoms with E-state index in [0.717, 1.165) is 24.3 Å². The van der Waals surface area contributed by atoms with Crippen LogP contribution in [-0.2, 0) is 4.74 Å². The topological polar surface area (TPSA) is 98.4 Å². The van der Waals surface area contributed by atoms with Crippen LogP contribution in [0.25, 0.3) is 21.7 Å². The Hall–Kier alpha value is -3.70. The average Bonchev–Trinajstić information content (AvgIpc) is 3.18. The molecule has 2 aromatic heterocycles. The van der Waals surface area contributed by atoms with Gasteiger partial charge in [0.15, 0.2) is 29.6 Å². The molecule has 4 aromatic rings. The largest absolute Gasteiger partial charge is 0.363 e. The number of nitrogens with one attached hydrogen (secondary N) is 2. The Morgan fingerprint density at radius 3 is 2.36 bits per heavy atom. The van der Waals surface area contributed by atoms with Crippen molar-refractivity contribution in [2.75, 3.05) is 13.7 Å². The van der Waals surface area contributed by atoms with Gasteiger partial charge in [-0.3, -0.25) is 9.59 Å². The Bertz CT molecular complexity index is 1470. The Labute approximate surface area is 182 Å². The van der Waals surface area contributed by atoms with Gasteiger partial charge in [0.25, 0.3) is 11.5 Å². The van der Waals surface area contributed by atoms with Gasteiger partial charge in [-0.1, -0.05) is 0 Å². The van der Waals surface area contributed by atoms with Gasteiger partial charge in [-0.15, -0.1) is 0 Å². The van der Waals surface area contributed by atoms with E-state index in [1.54, 1.807) is 0 Å². The quantitative estimate of drug-likeness (QED) is 0.399. The zero-order valence-corrected chi connectivity index (χ0v) is 16.9. The normalized spacial score (nSPS) is 18.0. The van der Waals surface area contributed by atoms with Gasteiger partial charge in [0.2, 0.25) is 0 Å². The molecule has 2 aromatic carbocycles. The number of pyridine rings is 1. The molecule has 2 atom stereocenters. The fourth-order valence-corrected chi connectivity index (χ4v) is 4.14. The van der Waals surface area contributed by atoms with Gasteiger partial charge in [-0.05, 0) is 29.7 Å². The lowest BCUT2D eigenvalue weighted by Crippen LogP contribution is -2.39. The smallest absolute Gasteiger partial charge is 0.270 e. The zero-order valence-electron chi connectivity index (χ0n) is 16.9. The summed E-state index contributed by atoms with van der Waals surface area (Å²) in [6, 6.07) is 3.87. The molecule has 0 saturated carbocycles. The van der Waals surface area contributed by atoms with E-state index in [1.807, 2.05) is 0 Å². The summed E-state index contributed by atoms with van der Waals surface area (Å²) in [7, 11) is 1.40. The number of hydrogen-bond donors (Lipinski definition) is 3. The first-order valence-electron chi connectivity index (χ1n) is 9.75. The number of halogens is 4. The number of hydrogen-bond acceptors (Lipinski definition) is 4. The summed E-state index contributed by atoms with van der Waals surface area (Å²) in [5.74, 6) is -5.18. The van der Waals surface area contributed by atoms with E-state index in [0.29, 0.717) is 0 Å². The lowest BCUT2D eigenvalue weighted by Gasteiger charge is -2.35. The molecule has 5 rings (SSSR count). The number of benzene rings is 2. The first-order valence-corrected chi connectivity index (χ1v) is 9.75. The molecule has 3 N–H and O–H groups in total.